The third-order valence-corrected chi connectivity index (χ3v) is 3.31. The van der Waals surface area contributed by atoms with Crippen LogP contribution in [0.15, 0.2) is 24.3 Å². The first-order valence-electron chi connectivity index (χ1n) is 6.45. The largest absolute Gasteiger partial charge is 0.350 e. The third-order valence-electron chi connectivity index (χ3n) is 3.31. The van der Waals surface area contributed by atoms with Gasteiger partial charge in [-0.3, -0.25) is 4.79 Å². The fraction of sp³-hybridized carbons (Fsp3) is 0.533. The fourth-order valence-electron chi connectivity index (χ4n) is 1.96. The van der Waals surface area contributed by atoms with Gasteiger partial charge in [0.1, 0.15) is 0 Å². The van der Waals surface area contributed by atoms with E-state index in [0.717, 1.165) is 12.8 Å². The Hall–Kier alpha value is -1.31. The topological polar surface area (TPSA) is 29.1 Å². The highest BCUT2D eigenvalue weighted by Crippen LogP contribution is 2.22. The molecule has 0 aliphatic carbocycles. The molecular formula is C15H23NO. The predicted octanol–water partition coefficient (Wildman–Crippen LogP) is 3.79. The monoisotopic (exact) mass is 233 g/mol. The van der Waals surface area contributed by atoms with Gasteiger partial charge in [-0.2, -0.15) is 0 Å². The van der Waals surface area contributed by atoms with Crippen molar-refractivity contribution in [2.45, 2.75) is 52.5 Å². The van der Waals surface area contributed by atoms with E-state index in [4.69, 9.17) is 0 Å². The van der Waals surface area contributed by atoms with E-state index in [-0.39, 0.29) is 11.9 Å². The van der Waals surface area contributed by atoms with Crippen LogP contribution in [0, 0.1) is 0 Å². The molecule has 0 saturated heterocycles. The van der Waals surface area contributed by atoms with E-state index >= 15 is 0 Å². The Morgan fingerprint density at radius 3 is 2.06 bits per heavy atom. The van der Waals surface area contributed by atoms with E-state index in [2.05, 4.69) is 50.4 Å². The fourth-order valence-corrected chi connectivity index (χ4v) is 1.96. The van der Waals surface area contributed by atoms with Gasteiger partial charge in [-0.1, -0.05) is 45.0 Å². The zero-order valence-electron chi connectivity index (χ0n) is 11.3. The minimum atomic E-state index is 0.0304. The van der Waals surface area contributed by atoms with Crippen LogP contribution in [0.3, 0.4) is 0 Å². The molecule has 2 heteroatoms. The van der Waals surface area contributed by atoms with E-state index < -0.39 is 0 Å². The van der Waals surface area contributed by atoms with Crippen LogP contribution in [0.5, 0.6) is 0 Å². The van der Waals surface area contributed by atoms with Gasteiger partial charge in [0, 0.05) is 6.92 Å². The van der Waals surface area contributed by atoms with Crippen molar-refractivity contribution in [3.63, 3.8) is 0 Å². The molecule has 2 unspecified atom stereocenters. The number of carbonyl (C=O) groups excluding carboxylic acids is 1. The first kappa shape index (κ1) is 13.8. The van der Waals surface area contributed by atoms with Gasteiger partial charge in [-0.25, -0.2) is 0 Å². The minimum Gasteiger partial charge on any atom is -0.350 e. The average Bonchev–Trinajstić information content (AvgIpc) is 2.35. The summed E-state index contributed by atoms with van der Waals surface area (Å²) in [5.41, 5.74) is 2.56. The molecule has 0 saturated carbocycles. The molecule has 1 rings (SSSR count). The second-order valence-electron chi connectivity index (χ2n) is 4.64. The summed E-state index contributed by atoms with van der Waals surface area (Å²) in [6.45, 7) is 8.09. The van der Waals surface area contributed by atoms with Crippen molar-refractivity contribution in [2.75, 3.05) is 0 Å². The zero-order chi connectivity index (χ0) is 12.8. The van der Waals surface area contributed by atoms with Crippen LogP contribution in [0.1, 0.15) is 63.6 Å². The van der Waals surface area contributed by atoms with Crippen LogP contribution >= 0.6 is 0 Å². The Labute approximate surface area is 104 Å². The summed E-state index contributed by atoms with van der Waals surface area (Å²) in [5.74, 6) is 0.632. The van der Waals surface area contributed by atoms with Gasteiger partial charge >= 0.3 is 0 Å². The van der Waals surface area contributed by atoms with Crippen molar-refractivity contribution < 1.29 is 4.79 Å². The van der Waals surface area contributed by atoms with Gasteiger partial charge < -0.3 is 5.32 Å². The summed E-state index contributed by atoms with van der Waals surface area (Å²) >= 11 is 0. The number of benzene rings is 1. The second-order valence-corrected chi connectivity index (χ2v) is 4.64. The van der Waals surface area contributed by atoms with Gasteiger partial charge in [0.05, 0.1) is 6.04 Å². The summed E-state index contributed by atoms with van der Waals surface area (Å²) < 4.78 is 0. The summed E-state index contributed by atoms with van der Waals surface area (Å²) in [4.78, 5) is 11.1. The molecule has 0 radical (unpaired) electrons. The first-order valence-corrected chi connectivity index (χ1v) is 6.45. The molecule has 17 heavy (non-hydrogen) atoms. The number of carbonyl (C=O) groups is 1. The highest BCUT2D eigenvalue weighted by molar-refractivity contribution is 5.73. The van der Waals surface area contributed by atoms with Gasteiger partial charge in [0.2, 0.25) is 5.91 Å². The molecule has 1 aromatic carbocycles. The molecule has 0 spiro atoms. The molecule has 1 N–H and O–H groups in total. The lowest BCUT2D eigenvalue weighted by Gasteiger charge is -2.17. The Bertz CT molecular complexity index is 356. The van der Waals surface area contributed by atoms with E-state index in [0.29, 0.717) is 5.92 Å². The molecule has 94 valence electrons. The minimum absolute atomic E-state index is 0.0304. The lowest BCUT2D eigenvalue weighted by atomic mass is 9.95. The molecular weight excluding hydrogens is 210 g/mol. The van der Waals surface area contributed by atoms with Gasteiger partial charge in [-0.05, 0) is 29.9 Å². The summed E-state index contributed by atoms with van der Waals surface area (Å²) in [6, 6.07) is 8.75. The molecule has 2 atom stereocenters. The maximum Gasteiger partial charge on any atom is 0.217 e. The summed E-state index contributed by atoms with van der Waals surface area (Å²) in [5, 5.41) is 2.97. The van der Waals surface area contributed by atoms with Crippen LogP contribution in [0.2, 0.25) is 0 Å². The van der Waals surface area contributed by atoms with Crippen molar-refractivity contribution in [1.82, 2.24) is 5.32 Å². The highest BCUT2D eigenvalue weighted by Gasteiger charge is 2.10. The number of hydrogen-bond acceptors (Lipinski definition) is 1. The Kier molecular flexibility index (Phi) is 5.20. The first-order chi connectivity index (χ1) is 8.08. The maximum absolute atomic E-state index is 11.1. The molecule has 0 aromatic heterocycles. The molecule has 0 fully saturated rings. The second kappa shape index (κ2) is 6.43. The van der Waals surface area contributed by atoms with Gasteiger partial charge in [0.25, 0.3) is 0 Å². The zero-order valence-corrected chi connectivity index (χ0v) is 11.3. The van der Waals surface area contributed by atoms with Crippen molar-refractivity contribution >= 4 is 5.91 Å². The maximum atomic E-state index is 11.1. The predicted molar refractivity (Wildman–Crippen MR) is 72.0 cm³/mol. The van der Waals surface area contributed by atoms with Gasteiger partial charge in [0.15, 0.2) is 0 Å². The molecule has 1 amide bonds. The number of rotatable bonds is 5. The highest BCUT2D eigenvalue weighted by atomic mass is 16.1. The molecule has 0 aliphatic rings. The van der Waals surface area contributed by atoms with Crippen LogP contribution in [0.25, 0.3) is 0 Å². The normalized spacial score (nSPS) is 14.1. The smallest absolute Gasteiger partial charge is 0.217 e. The number of nitrogens with one attached hydrogen (secondary N) is 1. The van der Waals surface area contributed by atoms with Crippen LogP contribution < -0.4 is 5.32 Å². The lowest BCUT2D eigenvalue weighted by molar-refractivity contribution is -0.119. The quantitative estimate of drug-likeness (QED) is 0.823. The standard InChI is InChI=1S/C15H23NO/c1-5-11(3)13-7-9-14(10-8-13)15(6-2)16-12(4)17/h7-11,15H,5-6H2,1-4H3,(H,16,17). The van der Waals surface area contributed by atoms with Crippen molar-refractivity contribution in [1.29, 1.82) is 0 Å². The van der Waals surface area contributed by atoms with E-state index in [9.17, 15) is 4.79 Å². The molecule has 0 bridgehead atoms. The van der Waals surface area contributed by atoms with Crippen LogP contribution in [-0.2, 0) is 4.79 Å². The number of hydrogen-bond donors (Lipinski definition) is 1. The Balaban J connectivity index is 2.81. The average molecular weight is 233 g/mol. The van der Waals surface area contributed by atoms with Crippen molar-refractivity contribution in [2.24, 2.45) is 0 Å². The SMILES string of the molecule is CCC(C)c1ccc(C(CC)NC(C)=O)cc1. The Morgan fingerprint density at radius 1 is 1.12 bits per heavy atom. The molecule has 0 heterocycles. The lowest BCUT2D eigenvalue weighted by Crippen LogP contribution is -2.25. The van der Waals surface area contributed by atoms with Crippen molar-refractivity contribution in [3.8, 4) is 0 Å². The molecule has 0 aliphatic heterocycles. The van der Waals surface area contributed by atoms with Crippen LogP contribution in [0.4, 0.5) is 0 Å². The van der Waals surface area contributed by atoms with E-state index in [1.54, 1.807) is 6.92 Å². The third kappa shape index (κ3) is 3.88. The van der Waals surface area contributed by atoms with Crippen molar-refractivity contribution in [3.05, 3.63) is 35.4 Å². The molecule has 2 nitrogen and oxygen atoms in total. The Morgan fingerprint density at radius 2 is 1.65 bits per heavy atom. The summed E-state index contributed by atoms with van der Waals surface area (Å²) in [7, 11) is 0. The van der Waals surface area contributed by atoms with Gasteiger partial charge in [-0.15, -0.1) is 0 Å². The van der Waals surface area contributed by atoms with E-state index in [1.165, 1.54) is 11.1 Å². The van der Waals surface area contributed by atoms with E-state index in [1.807, 2.05) is 0 Å². The summed E-state index contributed by atoms with van der Waals surface area (Å²) in [6.07, 6.45) is 2.07. The van der Waals surface area contributed by atoms with Crippen LogP contribution in [-0.4, -0.2) is 5.91 Å². The number of amides is 1. The molecule has 1 aromatic rings.